The van der Waals surface area contributed by atoms with Crippen molar-refractivity contribution in [3.63, 3.8) is 0 Å². The molecule has 6 heteroatoms. The summed E-state index contributed by atoms with van der Waals surface area (Å²) in [4.78, 5) is 21.0. The lowest BCUT2D eigenvalue weighted by molar-refractivity contribution is 0.0949. The molecule has 1 aromatic carbocycles. The lowest BCUT2D eigenvalue weighted by Crippen LogP contribution is -2.27. The molecule has 2 rings (SSSR count). The van der Waals surface area contributed by atoms with Gasteiger partial charge in [0.25, 0.3) is 5.91 Å². The maximum absolute atomic E-state index is 12.3. The Balaban J connectivity index is 1.90. The van der Waals surface area contributed by atoms with Gasteiger partial charge in [0.15, 0.2) is 0 Å². The van der Waals surface area contributed by atoms with E-state index in [1.54, 1.807) is 6.07 Å². The van der Waals surface area contributed by atoms with Crippen molar-refractivity contribution in [1.29, 1.82) is 0 Å². The number of benzene rings is 1. The van der Waals surface area contributed by atoms with E-state index < -0.39 is 0 Å². The van der Waals surface area contributed by atoms with E-state index in [-0.39, 0.29) is 5.91 Å². The zero-order valence-corrected chi connectivity index (χ0v) is 15.7. The average Bonchev–Trinajstić information content (AvgIpc) is 2.54. The summed E-state index contributed by atoms with van der Waals surface area (Å²) in [5.74, 6) is 0.909. The van der Waals surface area contributed by atoms with Crippen LogP contribution in [0.2, 0.25) is 5.02 Å². The van der Waals surface area contributed by atoms with Crippen LogP contribution in [0.3, 0.4) is 0 Å². The summed E-state index contributed by atoms with van der Waals surface area (Å²) < 4.78 is 0. The minimum Gasteiger partial charge on any atom is -0.354 e. The van der Waals surface area contributed by atoms with Gasteiger partial charge in [-0.05, 0) is 49.4 Å². The van der Waals surface area contributed by atoms with E-state index in [9.17, 15) is 4.79 Å². The molecule has 0 atom stereocenters. The van der Waals surface area contributed by atoms with Crippen LogP contribution < -0.4 is 10.6 Å². The Morgan fingerprint density at radius 3 is 2.72 bits per heavy atom. The lowest BCUT2D eigenvalue weighted by atomic mass is 10.1. The molecule has 0 saturated heterocycles. The third-order valence-corrected chi connectivity index (χ3v) is 3.92. The van der Waals surface area contributed by atoms with Crippen molar-refractivity contribution in [2.45, 2.75) is 33.6 Å². The van der Waals surface area contributed by atoms with E-state index >= 15 is 0 Å². The van der Waals surface area contributed by atoms with E-state index in [0.717, 1.165) is 30.6 Å². The number of aromatic nitrogens is 2. The summed E-state index contributed by atoms with van der Waals surface area (Å²) in [7, 11) is 0. The smallest absolute Gasteiger partial charge is 0.270 e. The molecule has 0 aliphatic rings. The number of rotatable bonds is 8. The van der Waals surface area contributed by atoms with Gasteiger partial charge in [0.05, 0.1) is 0 Å². The molecule has 0 spiro atoms. The maximum atomic E-state index is 12.3. The first-order valence-electron chi connectivity index (χ1n) is 8.56. The first kappa shape index (κ1) is 19.2. The summed E-state index contributed by atoms with van der Waals surface area (Å²) in [5, 5.41) is 6.78. The molecule has 0 aliphatic heterocycles. The number of halogens is 1. The van der Waals surface area contributed by atoms with Crippen LogP contribution in [0.5, 0.6) is 0 Å². The molecule has 0 radical (unpaired) electrons. The van der Waals surface area contributed by atoms with Crippen LogP contribution in [0, 0.1) is 12.8 Å². The quantitative estimate of drug-likeness (QED) is 0.749. The van der Waals surface area contributed by atoms with Gasteiger partial charge >= 0.3 is 0 Å². The van der Waals surface area contributed by atoms with Crippen molar-refractivity contribution in [1.82, 2.24) is 15.3 Å². The number of anilines is 1. The highest BCUT2D eigenvalue weighted by Crippen LogP contribution is 2.11. The Morgan fingerprint density at radius 1 is 1.20 bits per heavy atom. The van der Waals surface area contributed by atoms with Crippen molar-refractivity contribution in [2.24, 2.45) is 5.92 Å². The van der Waals surface area contributed by atoms with E-state index in [1.807, 2.05) is 31.2 Å². The number of aryl methyl sites for hydroxylation is 1. The molecule has 2 N–H and O–H groups in total. The fraction of sp³-hybridized carbons (Fsp3) is 0.421. The van der Waals surface area contributed by atoms with Gasteiger partial charge in [0.2, 0.25) is 5.95 Å². The van der Waals surface area contributed by atoms with Gasteiger partial charge < -0.3 is 10.6 Å². The minimum atomic E-state index is -0.195. The van der Waals surface area contributed by atoms with E-state index in [4.69, 9.17) is 11.6 Å². The Kier molecular flexibility index (Phi) is 7.19. The van der Waals surface area contributed by atoms with Crippen molar-refractivity contribution in [3.8, 4) is 0 Å². The molecular weight excluding hydrogens is 336 g/mol. The van der Waals surface area contributed by atoms with Gasteiger partial charge in [-0.15, -0.1) is 0 Å². The van der Waals surface area contributed by atoms with Crippen LogP contribution in [-0.4, -0.2) is 29.0 Å². The fourth-order valence-corrected chi connectivity index (χ4v) is 2.55. The maximum Gasteiger partial charge on any atom is 0.270 e. The molecular formula is C19H25ClN4O. The van der Waals surface area contributed by atoms with Crippen LogP contribution in [0.4, 0.5) is 5.95 Å². The van der Waals surface area contributed by atoms with Gasteiger partial charge in [0, 0.05) is 23.8 Å². The Morgan fingerprint density at radius 2 is 2.00 bits per heavy atom. The normalized spacial score (nSPS) is 10.8. The number of carbonyl (C=O) groups excluding carboxylic acids is 1. The zero-order valence-electron chi connectivity index (χ0n) is 15.0. The summed E-state index contributed by atoms with van der Waals surface area (Å²) in [5.41, 5.74) is 2.23. The Bertz CT molecular complexity index is 718. The molecule has 0 bridgehead atoms. The van der Waals surface area contributed by atoms with Crippen molar-refractivity contribution >= 4 is 23.5 Å². The van der Waals surface area contributed by atoms with Crippen LogP contribution in [-0.2, 0) is 6.42 Å². The number of carbonyl (C=O) groups is 1. The predicted octanol–water partition coefficient (Wildman–Crippen LogP) is 3.87. The molecule has 1 aromatic heterocycles. The second-order valence-electron chi connectivity index (χ2n) is 6.46. The molecule has 5 nitrogen and oxygen atoms in total. The Labute approximate surface area is 154 Å². The number of amides is 1. The number of hydrogen-bond acceptors (Lipinski definition) is 4. The van der Waals surface area contributed by atoms with Crippen LogP contribution in [0.1, 0.15) is 42.0 Å². The first-order chi connectivity index (χ1) is 11.9. The molecule has 1 amide bonds. The number of nitrogens with one attached hydrogen (secondary N) is 2. The van der Waals surface area contributed by atoms with Gasteiger partial charge in [0.1, 0.15) is 5.69 Å². The molecule has 0 saturated carbocycles. The molecule has 134 valence electrons. The first-order valence-corrected chi connectivity index (χ1v) is 8.94. The summed E-state index contributed by atoms with van der Waals surface area (Å²) in [6, 6.07) is 9.33. The molecule has 1 heterocycles. The highest BCUT2D eigenvalue weighted by Gasteiger charge is 2.10. The monoisotopic (exact) mass is 360 g/mol. The second kappa shape index (κ2) is 9.37. The zero-order chi connectivity index (χ0) is 18.2. The summed E-state index contributed by atoms with van der Waals surface area (Å²) in [6.45, 7) is 7.50. The topological polar surface area (TPSA) is 66.9 Å². The fourth-order valence-electron chi connectivity index (χ4n) is 2.34. The van der Waals surface area contributed by atoms with E-state index in [1.165, 1.54) is 0 Å². The third kappa shape index (κ3) is 6.70. The molecule has 0 fully saturated rings. The second-order valence-corrected chi connectivity index (χ2v) is 6.90. The standard InChI is InChI=1S/C19H25ClN4O/c1-13(2)7-9-22-19-23-14(3)11-17(24-19)18(25)21-10-8-15-5-4-6-16(20)12-15/h4-6,11-13H,7-10H2,1-3H3,(H,21,25)(H,22,23,24). The summed E-state index contributed by atoms with van der Waals surface area (Å²) in [6.07, 6.45) is 1.74. The molecule has 0 unspecified atom stereocenters. The van der Waals surface area contributed by atoms with Gasteiger partial charge in [-0.3, -0.25) is 4.79 Å². The highest BCUT2D eigenvalue weighted by atomic mass is 35.5. The predicted molar refractivity (Wildman–Crippen MR) is 102 cm³/mol. The summed E-state index contributed by atoms with van der Waals surface area (Å²) >= 11 is 5.97. The number of nitrogens with zero attached hydrogens (tertiary/aromatic N) is 2. The van der Waals surface area contributed by atoms with Gasteiger partial charge in [-0.25, -0.2) is 9.97 Å². The highest BCUT2D eigenvalue weighted by molar-refractivity contribution is 6.30. The van der Waals surface area contributed by atoms with Crippen molar-refractivity contribution in [3.05, 3.63) is 52.3 Å². The Hall–Kier alpha value is -2.14. The third-order valence-electron chi connectivity index (χ3n) is 3.68. The molecule has 25 heavy (non-hydrogen) atoms. The van der Waals surface area contributed by atoms with Crippen LogP contribution >= 0.6 is 11.6 Å². The average molecular weight is 361 g/mol. The van der Waals surface area contributed by atoms with E-state index in [0.29, 0.717) is 29.1 Å². The van der Waals surface area contributed by atoms with E-state index in [2.05, 4.69) is 34.4 Å². The molecule has 0 aliphatic carbocycles. The largest absolute Gasteiger partial charge is 0.354 e. The minimum absolute atomic E-state index is 0.195. The SMILES string of the molecule is Cc1cc(C(=O)NCCc2cccc(Cl)c2)nc(NCCC(C)C)n1. The van der Waals surface area contributed by atoms with Gasteiger partial charge in [-0.2, -0.15) is 0 Å². The van der Waals surface area contributed by atoms with Crippen LogP contribution in [0.25, 0.3) is 0 Å². The van der Waals surface area contributed by atoms with Crippen molar-refractivity contribution in [2.75, 3.05) is 18.4 Å². The van der Waals surface area contributed by atoms with Crippen molar-refractivity contribution < 1.29 is 4.79 Å². The lowest BCUT2D eigenvalue weighted by Gasteiger charge is -2.10. The number of hydrogen-bond donors (Lipinski definition) is 2. The molecule has 2 aromatic rings. The van der Waals surface area contributed by atoms with Gasteiger partial charge in [-0.1, -0.05) is 37.6 Å². The van der Waals surface area contributed by atoms with Crippen LogP contribution in [0.15, 0.2) is 30.3 Å².